The summed E-state index contributed by atoms with van der Waals surface area (Å²) in [5.74, 6) is 0. The lowest BCUT2D eigenvalue weighted by atomic mass is 10.1. The van der Waals surface area contributed by atoms with Gasteiger partial charge < -0.3 is 10.0 Å². The van der Waals surface area contributed by atoms with Gasteiger partial charge in [-0.2, -0.15) is 0 Å². The van der Waals surface area contributed by atoms with Crippen LogP contribution in [0.5, 0.6) is 0 Å². The number of likely N-dealkylation sites (tertiary alicyclic amines) is 1. The van der Waals surface area contributed by atoms with Crippen LogP contribution in [0.3, 0.4) is 0 Å². The summed E-state index contributed by atoms with van der Waals surface area (Å²) in [6, 6.07) is 0. The van der Waals surface area contributed by atoms with E-state index in [1.165, 1.54) is 32.4 Å². The van der Waals surface area contributed by atoms with E-state index in [1.54, 1.807) is 0 Å². The van der Waals surface area contributed by atoms with E-state index in [4.69, 9.17) is 5.11 Å². The summed E-state index contributed by atoms with van der Waals surface area (Å²) in [5, 5.41) is 8.77. The fourth-order valence-electron chi connectivity index (χ4n) is 1.57. The van der Waals surface area contributed by atoms with Gasteiger partial charge in [0, 0.05) is 13.1 Å². The molecule has 0 unspecified atom stereocenters. The van der Waals surface area contributed by atoms with Crippen molar-refractivity contribution in [2.45, 2.75) is 19.3 Å². The number of aliphatic hydroxyl groups excluding tert-OH is 1. The molecule has 72 valence electrons. The van der Waals surface area contributed by atoms with Gasteiger partial charge in [-0.25, -0.2) is 0 Å². The highest BCUT2D eigenvalue weighted by Crippen LogP contribution is 2.07. The van der Waals surface area contributed by atoms with Crippen molar-refractivity contribution in [2.75, 3.05) is 40.0 Å². The van der Waals surface area contributed by atoms with Gasteiger partial charge in [-0.05, 0) is 33.0 Å². The molecule has 1 heterocycles. The monoisotopic (exact) mass is 172 g/mol. The number of hydrogen-bond donors (Lipinski definition) is 1. The van der Waals surface area contributed by atoms with Crippen molar-refractivity contribution in [3.8, 4) is 0 Å². The Balaban J connectivity index is 2.05. The van der Waals surface area contributed by atoms with E-state index in [0.29, 0.717) is 0 Å². The second kappa shape index (κ2) is 5.51. The zero-order chi connectivity index (χ0) is 8.81. The molecule has 0 bridgehead atoms. The number of likely N-dealkylation sites (N-methyl/N-ethyl adjacent to an activating group) is 1. The highest BCUT2D eigenvalue weighted by atomic mass is 16.3. The summed E-state index contributed by atoms with van der Waals surface area (Å²) in [5.41, 5.74) is 0. The summed E-state index contributed by atoms with van der Waals surface area (Å²) >= 11 is 0. The number of nitrogens with zero attached hydrogens (tertiary/aromatic N) is 2. The van der Waals surface area contributed by atoms with Crippen LogP contribution in [0, 0.1) is 0 Å². The molecule has 1 saturated heterocycles. The summed E-state index contributed by atoms with van der Waals surface area (Å²) in [6.45, 7) is 4.76. The van der Waals surface area contributed by atoms with E-state index in [1.807, 2.05) is 11.9 Å². The quantitative estimate of drug-likeness (QED) is 0.620. The number of rotatable bonds is 4. The second-order valence-corrected chi connectivity index (χ2v) is 3.62. The van der Waals surface area contributed by atoms with Crippen molar-refractivity contribution in [1.29, 1.82) is 0 Å². The molecule has 0 aromatic carbocycles. The molecule has 0 aromatic heterocycles. The fraction of sp³-hybridized carbons (Fsp3) is 1.00. The van der Waals surface area contributed by atoms with Gasteiger partial charge in [-0.3, -0.25) is 4.90 Å². The van der Waals surface area contributed by atoms with Gasteiger partial charge in [0.2, 0.25) is 0 Å². The molecule has 0 aliphatic carbocycles. The Bertz CT molecular complexity index is 113. The SMILES string of the molecule is CN(CO)CCN1CCCCC1. The van der Waals surface area contributed by atoms with Crippen LogP contribution in [0.2, 0.25) is 0 Å². The average Bonchev–Trinajstić information content (AvgIpc) is 2.16. The number of piperidine rings is 1. The van der Waals surface area contributed by atoms with Crippen molar-refractivity contribution in [1.82, 2.24) is 9.80 Å². The van der Waals surface area contributed by atoms with Crippen molar-refractivity contribution in [2.24, 2.45) is 0 Å². The lowest BCUT2D eigenvalue weighted by Gasteiger charge is -2.27. The van der Waals surface area contributed by atoms with E-state index in [0.717, 1.165) is 13.1 Å². The van der Waals surface area contributed by atoms with Gasteiger partial charge in [0.15, 0.2) is 0 Å². The molecular formula is C9H20N2O. The molecule has 0 atom stereocenters. The summed E-state index contributed by atoms with van der Waals surface area (Å²) in [6.07, 6.45) is 4.10. The first kappa shape index (κ1) is 9.96. The highest BCUT2D eigenvalue weighted by molar-refractivity contribution is 4.65. The Morgan fingerprint density at radius 2 is 1.92 bits per heavy atom. The number of hydrogen-bond acceptors (Lipinski definition) is 3. The molecule has 1 fully saturated rings. The topological polar surface area (TPSA) is 26.7 Å². The minimum Gasteiger partial charge on any atom is -0.381 e. The van der Waals surface area contributed by atoms with Gasteiger partial charge in [-0.1, -0.05) is 6.42 Å². The minimum atomic E-state index is 0.174. The molecule has 0 aromatic rings. The summed E-state index contributed by atoms with van der Waals surface area (Å²) < 4.78 is 0. The zero-order valence-corrected chi connectivity index (χ0v) is 8.00. The Morgan fingerprint density at radius 3 is 2.50 bits per heavy atom. The molecule has 0 spiro atoms. The van der Waals surface area contributed by atoms with Crippen molar-refractivity contribution in [3.63, 3.8) is 0 Å². The molecule has 0 radical (unpaired) electrons. The van der Waals surface area contributed by atoms with Gasteiger partial charge in [0.1, 0.15) is 0 Å². The predicted molar refractivity (Wildman–Crippen MR) is 50.0 cm³/mol. The van der Waals surface area contributed by atoms with E-state index in [-0.39, 0.29) is 6.73 Å². The van der Waals surface area contributed by atoms with Crippen LogP contribution in [0.1, 0.15) is 19.3 Å². The van der Waals surface area contributed by atoms with Crippen LogP contribution in [0.4, 0.5) is 0 Å². The Kier molecular flexibility index (Phi) is 4.58. The predicted octanol–water partition coefficient (Wildman–Crippen LogP) is 0.354. The molecule has 0 saturated carbocycles. The maximum Gasteiger partial charge on any atom is 0.0954 e. The lowest BCUT2D eigenvalue weighted by Crippen LogP contribution is -2.36. The second-order valence-electron chi connectivity index (χ2n) is 3.62. The Labute approximate surface area is 75.0 Å². The standard InChI is InChI=1S/C9H20N2O/c1-10(9-12)7-8-11-5-3-2-4-6-11/h12H,2-9H2,1H3. The molecular weight excluding hydrogens is 152 g/mol. The molecule has 12 heavy (non-hydrogen) atoms. The summed E-state index contributed by atoms with van der Waals surface area (Å²) in [7, 11) is 1.95. The molecule has 3 nitrogen and oxygen atoms in total. The van der Waals surface area contributed by atoms with Crippen LogP contribution in [-0.2, 0) is 0 Å². The molecule has 1 aliphatic rings. The third kappa shape index (κ3) is 3.52. The number of aliphatic hydroxyl groups is 1. The third-order valence-electron chi connectivity index (χ3n) is 2.49. The van der Waals surface area contributed by atoms with Crippen molar-refractivity contribution in [3.05, 3.63) is 0 Å². The Morgan fingerprint density at radius 1 is 1.25 bits per heavy atom. The molecule has 1 rings (SSSR count). The van der Waals surface area contributed by atoms with Gasteiger partial charge >= 0.3 is 0 Å². The van der Waals surface area contributed by atoms with Crippen molar-refractivity contribution < 1.29 is 5.11 Å². The van der Waals surface area contributed by atoms with Crippen LogP contribution >= 0.6 is 0 Å². The van der Waals surface area contributed by atoms with Crippen LogP contribution in [0.15, 0.2) is 0 Å². The highest BCUT2D eigenvalue weighted by Gasteiger charge is 2.09. The van der Waals surface area contributed by atoms with Gasteiger partial charge in [-0.15, -0.1) is 0 Å². The zero-order valence-electron chi connectivity index (χ0n) is 8.00. The van der Waals surface area contributed by atoms with E-state index < -0.39 is 0 Å². The van der Waals surface area contributed by atoms with E-state index >= 15 is 0 Å². The van der Waals surface area contributed by atoms with Crippen molar-refractivity contribution >= 4 is 0 Å². The fourth-order valence-corrected chi connectivity index (χ4v) is 1.57. The minimum absolute atomic E-state index is 0.174. The third-order valence-corrected chi connectivity index (χ3v) is 2.49. The van der Waals surface area contributed by atoms with Crippen LogP contribution in [-0.4, -0.2) is 54.9 Å². The molecule has 3 heteroatoms. The molecule has 1 N–H and O–H groups in total. The maximum absolute atomic E-state index is 8.77. The lowest BCUT2D eigenvalue weighted by molar-refractivity contribution is 0.113. The molecule has 0 amide bonds. The normalized spacial score (nSPS) is 20.2. The molecule has 1 aliphatic heterocycles. The average molecular weight is 172 g/mol. The van der Waals surface area contributed by atoms with E-state index in [2.05, 4.69) is 4.90 Å². The smallest absolute Gasteiger partial charge is 0.0954 e. The van der Waals surface area contributed by atoms with Crippen LogP contribution in [0.25, 0.3) is 0 Å². The van der Waals surface area contributed by atoms with Gasteiger partial charge in [0.25, 0.3) is 0 Å². The van der Waals surface area contributed by atoms with Gasteiger partial charge in [0.05, 0.1) is 6.73 Å². The van der Waals surface area contributed by atoms with Crippen LogP contribution < -0.4 is 0 Å². The van der Waals surface area contributed by atoms with E-state index in [9.17, 15) is 0 Å². The first-order valence-corrected chi connectivity index (χ1v) is 4.84. The summed E-state index contributed by atoms with van der Waals surface area (Å²) in [4.78, 5) is 4.42. The maximum atomic E-state index is 8.77. The first-order valence-electron chi connectivity index (χ1n) is 4.84. The Hall–Kier alpha value is -0.120. The largest absolute Gasteiger partial charge is 0.381 e. The first-order chi connectivity index (χ1) is 5.83.